The van der Waals surface area contributed by atoms with Gasteiger partial charge in [0.15, 0.2) is 23.3 Å². The molecule has 312 valence electrons. The second kappa shape index (κ2) is 16.0. The predicted octanol–water partition coefficient (Wildman–Crippen LogP) is 15.6. The number of aromatic nitrogens is 3. The first-order valence-electron chi connectivity index (χ1n) is 20.8. The molecule has 0 saturated heterocycles. The van der Waals surface area contributed by atoms with Crippen LogP contribution in [0.2, 0.25) is 0 Å². The van der Waals surface area contributed by atoms with E-state index in [0.717, 1.165) is 83.3 Å². The summed E-state index contributed by atoms with van der Waals surface area (Å²) < 4.78 is 74.2. The van der Waals surface area contributed by atoms with E-state index < -0.39 is 34.6 Å². The van der Waals surface area contributed by atoms with E-state index in [1.807, 2.05) is 89.8 Å². The third kappa shape index (κ3) is 6.94. The summed E-state index contributed by atoms with van der Waals surface area (Å²) in [5.74, 6) is -9.95. The van der Waals surface area contributed by atoms with E-state index in [1.165, 1.54) is 12.1 Å². The highest BCUT2D eigenvalue weighted by atomic mass is 19.2. The second-order valence-corrected chi connectivity index (χ2v) is 15.7. The molecule has 0 fully saturated rings. The van der Waals surface area contributed by atoms with Gasteiger partial charge in [-0.3, -0.25) is 9.97 Å². The summed E-state index contributed by atoms with van der Waals surface area (Å²) in [5, 5.41) is 2.23. The molecule has 0 aliphatic rings. The molecule has 0 aliphatic heterocycles. The highest BCUT2D eigenvalue weighted by molar-refractivity contribution is 6.10. The molecule has 0 aliphatic carbocycles. The molecule has 65 heavy (non-hydrogen) atoms. The lowest BCUT2D eigenvalue weighted by Crippen LogP contribution is -2.10. The Hall–Kier alpha value is -8.43. The van der Waals surface area contributed by atoms with Crippen molar-refractivity contribution in [1.29, 1.82) is 0 Å². The molecule has 11 rings (SSSR count). The minimum absolute atomic E-state index is 0.151. The van der Waals surface area contributed by atoms with Crippen LogP contribution in [0.3, 0.4) is 0 Å². The number of fused-ring (bicyclic) bond motifs is 4. The topological polar surface area (TPSA) is 34.0 Å². The number of halogens is 5. The minimum Gasteiger partial charge on any atom is -0.311 e. The van der Waals surface area contributed by atoms with E-state index in [0.29, 0.717) is 5.69 Å². The van der Waals surface area contributed by atoms with Crippen molar-refractivity contribution in [1.82, 2.24) is 14.5 Å². The zero-order valence-corrected chi connectivity index (χ0v) is 34.2. The molecular formula is C56H33F5N4. The van der Waals surface area contributed by atoms with E-state index in [9.17, 15) is 22.0 Å². The number of para-hydroxylation sites is 1. The van der Waals surface area contributed by atoms with Gasteiger partial charge in [-0.2, -0.15) is 0 Å². The number of rotatable bonds is 8. The first-order chi connectivity index (χ1) is 31.8. The highest BCUT2D eigenvalue weighted by Gasteiger charge is 2.27. The van der Waals surface area contributed by atoms with Crippen molar-refractivity contribution in [3.05, 3.63) is 230 Å². The van der Waals surface area contributed by atoms with E-state index in [-0.39, 0.29) is 5.56 Å². The average molecular weight is 857 g/mol. The molecule has 2 aromatic heterocycles. The second-order valence-electron chi connectivity index (χ2n) is 15.7. The number of hydrogen-bond donors (Lipinski definition) is 0. The van der Waals surface area contributed by atoms with Gasteiger partial charge in [-0.25, -0.2) is 22.0 Å². The Bertz CT molecular complexity index is 3540. The Balaban J connectivity index is 0.945. The zero-order valence-electron chi connectivity index (χ0n) is 34.2. The van der Waals surface area contributed by atoms with Crippen LogP contribution in [0.1, 0.15) is 0 Å². The molecule has 9 aromatic carbocycles. The monoisotopic (exact) mass is 856 g/mol. The van der Waals surface area contributed by atoms with Gasteiger partial charge in [0.25, 0.3) is 0 Å². The summed E-state index contributed by atoms with van der Waals surface area (Å²) in [4.78, 5) is 10.8. The largest absolute Gasteiger partial charge is 0.311 e. The van der Waals surface area contributed by atoms with Gasteiger partial charge in [-0.1, -0.05) is 109 Å². The Morgan fingerprint density at radius 1 is 0.338 bits per heavy atom. The van der Waals surface area contributed by atoms with Crippen LogP contribution in [0.25, 0.3) is 83.0 Å². The van der Waals surface area contributed by atoms with E-state index >= 15 is 0 Å². The molecule has 0 radical (unpaired) electrons. The SMILES string of the molecule is Fc1c(F)c(F)c(-c2ccc(N(c3ccc(-c4ccccc4)cc3)c3ccc(-c4ccc5c(c4)c4ccccc4n5-c4ccc(-c5ccc6nccnc6c5)cc4)cc3)cc2)c(F)c1F. The highest BCUT2D eigenvalue weighted by Crippen LogP contribution is 2.40. The summed E-state index contributed by atoms with van der Waals surface area (Å²) in [6.07, 6.45) is 3.40. The Labute approximate surface area is 369 Å². The molecule has 0 spiro atoms. The first kappa shape index (κ1) is 39.4. The fourth-order valence-electron chi connectivity index (χ4n) is 8.70. The summed E-state index contributed by atoms with van der Waals surface area (Å²) in [7, 11) is 0. The fraction of sp³-hybridized carbons (Fsp3) is 0. The molecule has 4 nitrogen and oxygen atoms in total. The number of hydrogen-bond acceptors (Lipinski definition) is 3. The molecule has 0 N–H and O–H groups in total. The van der Waals surface area contributed by atoms with Crippen LogP contribution >= 0.6 is 0 Å². The summed E-state index contributed by atoms with van der Waals surface area (Å²) in [6, 6.07) is 61.4. The maximum absolute atomic E-state index is 14.8. The molecule has 0 saturated carbocycles. The standard InChI is InChI=1S/C56H33F5N4/c57-52-51(53(58)55(60)56(61)54(52)59)38-16-26-43(27-17-38)64(41-20-10-35(11-21-41)34-6-2-1-3-7-34)42-22-12-36(13-23-42)39-19-29-50-46(32-39)45-8-4-5-9-49(45)65(50)44-24-14-37(15-25-44)40-18-28-47-48(33-40)63-31-30-62-47/h1-33H. The number of nitrogens with zero attached hydrogens (tertiary/aromatic N) is 4. The van der Waals surface area contributed by atoms with Gasteiger partial charge in [0, 0.05) is 45.9 Å². The van der Waals surface area contributed by atoms with E-state index in [4.69, 9.17) is 0 Å². The molecule has 11 aromatic rings. The van der Waals surface area contributed by atoms with Gasteiger partial charge >= 0.3 is 0 Å². The van der Waals surface area contributed by atoms with Crippen molar-refractivity contribution in [2.75, 3.05) is 4.90 Å². The Kier molecular flexibility index (Phi) is 9.73. The maximum atomic E-state index is 14.8. The van der Waals surface area contributed by atoms with Crippen LogP contribution in [0, 0.1) is 29.1 Å². The summed E-state index contributed by atoms with van der Waals surface area (Å²) in [5.41, 5.74) is 12.1. The van der Waals surface area contributed by atoms with Gasteiger partial charge in [0.05, 0.1) is 27.6 Å². The normalized spacial score (nSPS) is 11.5. The summed E-state index contributed by atoms with van der Waals surface area (Å²) >= 11 is 0. The van der Waals surface area contributed by atoms with E-state index in [1.54, 1.807) is 24.5 Å². The lowest BCUT2D eigenvalue weighted by atomic mass is 10.0. The van der Waals surface area contributed by atoms with Crippen LogP contribution in [0.4, 0.5) is 39.0 Å². The van der Waals surface area contributed by atoms with Crippen molar-refractivity contribution in [2.45, 2.75) is 0 Å². The van der Waals surface area contributed by atoms with Crippen molar-refractivity contribution in [2.24, 2.45) is 0 Å². The van der Waals surface area contributed by atoms with Crippen molar-refractivity contribution in [3.63, 3.8) is 0 Å². The van der Waals surface area contributed by atoms with Crippen molar-refractivity contribution < 1.29 is 22.0 Å². The first-order valence-corrected chi connectivity index (χ1v) is 20.8. The fourth-order valence-corrected chi connectivity index (χ4v) is 8.70. The van der Waals surface area contributed by atoms with Crippen LogP contribution in [0.5, 0.6) is 0 Å². The van der Waals surface area contributed by atoms with Gasteiger partial charge in [0.2, 0.25) is 5.82 Å². The van der Waals surface area contributed by atoms with Gasteiger partial charge in [-0.05, 0) is 118 Å². The van der Waals surface area contributed by atoms with Gasteiger partial charge in [0.1, 0.15) is 0 Å². The zero-order chi connectivity index (χ0) is 44.2. The maximum Gasteiger partial charge on any atom is 0.200 e. The van der Waals surface area contributed by atoms with Crippen LogP contribution in [-0.2, 0) is 0 Å². The lowest BCUT2D eigenvalue weighted by molar-refractivity contribution is 0.381. The molecule has 0 amide bonds. The van der Waals surface area contributed by atoms with Gasteiger partial charge < -0.3 is 9.47 Å². The summed E-state index contributed by atoms with van der Waals surface area (Å²) in [6.45, 7) is 0. The van der Waals surface area contributed by atoms with Crippen molar-refractivity contribution >= 4 is 49.9 Å². The molecule has 0 atom stereocenters. The average Bonchev–Trinajstić information content (AvgIpc) is 3.70. The molecular weight excluding hydrogens is 824 g/mol. The number of anilines is 3. The lowest BCUT2D eigenvalue weighted by Gasteiger charge is -2.26. The van der Waals surface area contributed by atoms with Crippen LogP contribution in [0.15, 0.2) is 200 Å². The van der Waals surface area contributed by atoms with Crippen LogP contribution in [-0.4, -0.2) is 14.5 Å². The van der Waals surface area contributed by atoms with Gasteiger partial charge in [-0.15, -0.1) is 0 Å². The minimum atomic E-state index is -2.20. The Morgan fingerprint density at radius 3 is 1.42 bits per heavy atom. The quantitative estimate of drug-likeness (QED) is 0.0867. The molecule has 9 heteroatoms. The van der Waals surface area contributed by atoms with Crippen LogP contribution < -0.4 is 4.90 Å². The molecule has 0 bridgehead atoms. The smallest absolute Gasteiger partial charge is 0.200 e. The third-order valence-electron chi connectivity index (χ3n) is 11.9. The molecule has 0 unspecified atom stereocenters. The number of benzene rings is 9. The third-order valence-corrected chi connectivity index (χ3v) is 11.9. The Morgan fingerprint density at radius 2 is 0.785 bits per heavy atom. The van der Waals surface area contributed by atoms with Crippen molar-refractivity contribution in [3.8, 4) is 50.2 Å². The molecule has 2 heterocycles. The predicted molar refractivity (Wildman–Crippen MR) is 250 cm³/mol. The van der Waals surface area contributed by atoms with E-state index in [2.05, 4.69) is 93.4 Å².